The van der Waals surface area contributed by atoms with E-state index in [-0.39, 0.29) is 18.4 Å². The highest BCUT2D eigenvalue weighted by Gasteiger charge is 2.33. The van der Waals surface area contributed by atoms with Crippen LogP contribution in [0.1, 0.15) is 30.9 Å². The van der Waals surface area contributed by atoms with Crippen molar-refractivity contribution in [3.8, 4) is 0 Å². The lowest BCUT2D eigenvalue weighted by atomic mass is 9.76. The Morgan fingerprint density at radius 2 is 1.80 bits per heavy atom. The van der Waals surface area contributed by atoms with Gasteiger partial charge in [0, 0.05) is 32.2 Å². The Labute approximate surface area is 124 Å². The van der Waals surface area contributed by atoms with Crippen LogP contribution in [-0.4, -0.2) is 31.1 Å². The molecular formula is C15H21ClF2N2. The highest BCUT2D eigenvalue weighted by molar-refractivity contribution is 5.85. The van der Waals surface area contributed by atoms with E-state index in [1.807, 2.05) is 0 Å². The summed E-state index contributed by atoms with van der Waals surface area (Å²) in [6, 6.07) is 4.66. The van der Waals surface area contributed by atoms with E-state index in [9.17, 15) is 8.78 Å². The third-order valence-corrected chi connectivity index (χ3v) is 4.43. The monoisotopic (exact) mass is 302 g/mol. The maximum Gasteiger partial charge on any atom is 0.159 e. The zero-order chi connectivity index (χ0) is 13.2. The molecule has 5 heteroatoms. The lowest BCUT2D eigenvalue weighted by Gasteiger charge is -2.43. The standard InChI is InChI=1S/C15H20F2N2.ClH/c16-13-5-4-12(10-14(13)17)15(11-2-1-3-11)19-8-6-18-7-9-19;/h4-5,10-11,15,18H,1-3,6-9H2;1H/t15-;/m1./s1. The van der Waals surface area contributed by atoms with Crippen molar-refractivity contribution in [1.29, 1.82) is 0 Å². The molecule has 20 heavy (non-hydrogen) atoms. The number of hydrogen-bond donors (Lipinski definition) is 1. The summed E-state index contributed by atoms with van der Waals surface area (Å²) in [5, 5.41) is 3.34. The number of nitrogens with one attached hydrogen (secondary N) is 1. The van der Waals surface area contributed by atoms with Gasteiger partial charge in [-0.1, -0.05) is 12.5 Å². The van der Waals surface area contributed by atoms with Gasteiger partial charge in [-0.25, -0.2) is 8.78 Å². The molecule has 0 aromatic heterocycles. The normalized spacial score (nSPS) is 21.9. The Morgan fingerprint density at radius 1 is 1.10 bits per heavy atom. The first kappa shape index (κ1) is 15.7. The first-order valence-electron chi connectivity index (χ1n) is 7.15. The van der Waals surface area contributed by atoms with Gasteiger partial charge in [-0.05, 0) is 36.5 Å². The van der Waals surface area contributed by atoms with E-state index in [2.05, 4.69) is 10.2 Å². The van der Waals surface area contributed by atoms with Crippen molar-refractivity contribution in [3.05, 3.63) is 35.4 Å². The number of benzene rings is 1. The third kappa shape index (κ3) is 3.13. The Balaban J connectivity index is 0.00000147. The second-order valence-corrected chi connectivity index (χ2v) is 5.60. The number of nitrogens with zero attached hydrogens (tertiary/aromatic N) is 1. The molecule has 0 unspecified atom stereocenters. The smallest absolute Gasteiger partial charge is 0.159 e. The summed E-state index contributed by atoms with van der Waals surface area (Å²) >= 11 is 0. The Morgan fingerprint density at radius 3 is 2.35 bits per heavy atom. The van der Waals surface area contributed by atoms with E-state index < -0.39 is 11.6 Å². The van der Waals surface area contributed by atoms with Crippen molar-refractivity contribution < 1.29 is 8.78 Å². The quantitative estimate of drug-likeness (QED) is 0.923. The van der Waals surface area contributed by atoms with Crippen LogP contribution in [0.5, 0.6) is 0 Å². The van der Waals surface area contributed by atoms with Crippen molar-refractivity contribution in [1.82, 2.24) is 10.2 Å². The molecule has 1 aromatic rings. The highest BCUT2D eigenvalue weighted by atomic mass is 35.5. The fourth-order valence-corrected chi connectivity index (χ4v) is 3.19. The van der Waals surface area contributed by atoms with E-state index >= 15 is 0 Å². The number of hydrogen-bond acceptors (Lipinski definition) is 2. The second kappa shape index (κ2) is 6.83. The average molecular weight is 303 g/mol. The van der Waals surface area contributed by atoms with E-state index in [1.165, 1.54) is 31.4 Å². The molecule has 112 valence electrons. The largest absolute Gasteiger partial charge is 0.314 e. The van der Waals surface area contributed by atoms with Gasteiger partial charge < -0.3 is 5.32 Å². The van der Waals surface area contributed by atoms with Gasteiger partial charge in [-0.15, -0.1) is 12.4 Å². The van der Waals surface area contributed by atoms with E-state index in [0.29, 0.717) is 5.92 Å². The summed E-state index contributed by atoms with van der Waals surface area (Å²) < 4.78 is 26.6. The van der Waals surface area contributed by atoms with E-state index in [4.69, 9.17) is 0 Å². The minimum Gasteiger partial charge on any atom is -0.314 e. The molecule has 1 aliphatic heterocycles. The molecule has 2 aliphatic rings. The summed E-state index contributed by atoms with van der Waals surface area (Å²) in [6.07, 6.45) is 3.66. The average Bonchev–Trinajstić information content (AvgIpc) is 2.38. The van der Waals surface area contributed by atoms with Crippen molar-refractivity contribution >= 4 is 12.4 Å². The molecule has 1 saturated heterocycles. The van der Waals surface area contributed by atoms with Gasteiger partial charge >= 0.3 is 0 Å². The first-order valence-corrected chi connectivity index (χ1v) is 7.15. The molecule has 3 rings (SSSR count). The van der Waals surface area contributed by atoms with Crippen molar-refractivity contribution in [2.75, 3.05) is 26.2 Å². The molecule has 0 spiro atoms. The fourth-order valence-electron chi connectivity index (χ4n) is 3.19. The number of halogens is 3. The minimum absolute atomic E-state index is 0. The molecule has 1 N–H and O–H groups in total. The van der Waals surface area contributed by atoms with Gasteiger partial charge in [-0.2, -0.15) is 0 Å². The topological polar surface area (TPSA) is 15.3 Å². The maximum atomic E-state index is 13.5. The molecule has 2 nitrogen and oxygen atoms in total. The van der Waals surface area contributed by atoms with Crippen molar-refractivity contribution in [3.63, 3.8) is 0 Å². The number of rotatable bonds is 3. The van der Waals surface area contributed by atoms with Crippen LogP contribution in [0.15, 0.2) is 18.2 Å². The lowest BCUT2D eigenvalue weighted by molar-refractivity contribution is 0.0834. The zero-order valence-corrected chi connectivity index (χ0v) is 12.3. The van der Waals surface area contributed by atoms with Crippen LogP contribution in [0, 0.1) is 17.6 Å². The Hall–Kier alpha value is -0.710. The Bertz CT molecular complexity index is 445. The van der Waals surface area contributed by atoms with E-state index in [1.54, 1.807) is 6.07 Å². The third-order valence-electron chi connectivity index (χ3n) is 4.43. The van der Waals surface area contributed by atoms with Crippen LogP contribution in [0.4, 0.5) is 8.78 Å². The molecule has 2 fully saturated rings. The second-order valence-electron chi connectivity index (χ2n) is 5.60. The van der Waals surface area contributed by atoms with Crippen molar-refractivity contribution in [2.45, 2.75) is 25.3 Å². The molecule has 1 heterocycles. The summed E-state index contributed by atoms with van der Waals surface area (Å²) in [4.78, 5) is 2.42. The lowest BCUT2D eigenvalue weighted by Crippen LogP contribution is -2.47. The van der Waals surface area contributed by atoms with Gasteiger partial charge in [0.05, 0.1) is 0 Å². The Kier molecular flexibility index (Phi) is 5.35. The van der Waals surface area contributed by atoms with Crippen LogP contribution in [0.25, 0.3) is 0 Å². The zero-order valence-electron chi connectivity index (χ0n) is 11.4. The molecule has 0 bridgehead atoms. The minimum atomic E-state index is -0.753. The van der Waals surface area contributed by atoms with Crippen LogP contribution >= 0.6 is 12.4 Å². The van der Waals surface area contributed by atoms with Gasteiger partial charge in [-0.3, -0.25) is 4.90 Å². The van der Waals surface area contributed by atoms with Gasteiger partial charge in [0.15, 0.2) is 11.6 Å². The molecule has 0 radical (unpaired) electrons. The number of piperazine rings is 1. The predicted octanol–water partition coefficient (Wildman–Crippen LogP) is 3.13. The van der Waals surface area contributed by atoms with Gasteiger partial charge in [0.25, 0.3) is 0 Å². The summed E-state index contributed by atoms with van der Waals surface area (Å²) in [6.45, 7) is 3.93. The van der Waals surface area contributed by atoms with Crippen LogP contribution in [0.2, 0.25) is 0 Å². The molecule has 1 saturated carbocycles. The van der Waals surface area contributed by atoms with Gasteiger partial charge in [0.2, 0.25) is 0 Å². The van der Waals surface area contributed by atoms with Crippen LogP contribution in [0.3, 0.4) is 0 Å². The molecule has 1 atom stereocenters. The summed E-state index contributed by atoms with van der Waals surface area (Å²) in [5.74, 6) is -0.878. The predicted molar refractivity (Wildman–Crippen MR) is 78.1 cm³/mol. The molecular weight excluding hydrogens is 282 g/mol. The summed E-state index contributed by atoms with van der Waals surface area (Å²) in [5.41, 5.74) is 0.936. The first-order chi connectivity index (χ1) is 9.25. The van der Waals surface area contributed by atoms with Crippen LogP contribution < -0.4 is 5.32 Å². The van der Waals surface area contributed by atoms with Gasteiger partial charge in [0.1, 0.15) is 0 Å². The van der Waals surface area contributed by atoms with E-state index in [0.717, 1.165) is 31.7 Å². The maximum absolute atomic E-state index is 13.5. The molecule has 0 amide bonds. The van der Waals surface area contributed by atoms with Crippen LogP contribution in [-0.2, 0) is 0 Å². The highest BCUT2D eigenvalue weighted by Crippen LogP contribution is 2.41. The fraction of sp³-hybridized carbons (Fsp3) is 0.600. The molecule has 1 aromatic carbocycles. The SMILES string of the molecule is Cl.Fc1ccc([C@@H](C2CCC2)N2CCNCC2)cc1F. The summed E-state index contributed by atoms with van der Waals surface area (Å²) in [7, 11) is 0. The molecule has 1 aliphatic carbocycles. The van der Waals surface area contributed by atoms with Crippen molar-refractivity contribution in [2.24, 2.45) is 5.92 Å².